The van der Waals surface area contributed by atoms with E-state index in [1.165, 1.54) is 31.4 Å². The second-order valence-electron chi connectivity index (χ2n) is 4.91. The van der Waals surface area contributed by atoms with E-state index in [2.05, 4.69) is 47.5 Å². The number of nitrogens with one attached hydrogen (secondary N) is 1. The molecule has 1 atom stereocenters. The molecule has 1 aromatic carbocycles. The molecule has 0 amide bonds. The zero-order valence-corrected chi connectivity index (χ0v) is 10.9. The first-order chi connectivity index (χ1) is 8.40. The van der Waals surface area contributed by atoms with E-state index in [1.807, 2.05) is 0 Å². The van der Waals surface area contributed by atoms with Crippen molar-refractivity contribution < 1.29 is 0 Å². The Morgan fingerprint density at radius 3 is 2.82 bits per heavy atom. The molecule has 2 rings (SSSR count). The molecule has 0 aromatic heterocycles. The van der Waals surface area contributed by atoms with Gasteiger partial charge in [0.25, 0.3) is 0 Å². The van der Waals surface area contributed by atoms with Crippen LogP contribution in [0, 0.1) is 0 Å². The Hall–Kier alpha value is -0.860. The molecule has 1 fully saturated rings. The van der Waals surface area contributed by atoms with Crippen molar-refractivity contribution in [2.24, 2.45) is 0 Å². The number of rotatable bonds is 5. The second kappa shape index (κ2) is 6.77. The minimum atomic E-state index is 0.726. The molecular weight excluding hydrogens is 208 g/mol. The van der Waals surface area contributed by atoms with Crippen molar-refractivity contribution in [1.29, 1.82) is 0 Å². The summed E-state index contributed by atoms with van der Waals surface area (Å²) in [7, 11) is 0. The monoisotopic (exact) mass is 232 g/mol. The molecule has 1 N–H and O–H groups in total. The van der Waals surface area contributed by atoms with E-state index in [1.54, 1.807) is 0 Å². The maximum Gasteiger partial charge on any atom is 0.0237 e. The van der Waals surface area contributed by atoms with E-state index in [0.29, 0.717) is 0 Å². The third-order valence-corrected chi connectivity index (χ3v) is 3.61. The highest BCUT2D eigenvalue weighted by molar-refractivity contribution is 5.14. The summed E-state index contributed by atoms with van der Waals surface area (Å²) in [6.07, 6.45) is 4.09. The number of nitrogens with zero attached hydrogens (tertiary/aromatic N) is 1. The largest absolute Gasteiger partial charge is 0.315 e. The van der Waals surface area contributed by atoms with Gasteiger partial charge >= 0.3 is 0 Å². The minimum Gasteiger partial charge on any atom is -0.315 e. The summed E-state index contributed by atoms with van der Waals surface area (Å²) in [4.78, 5) is 2.64. The molecule has 1 aliphatic heterocycles. The van der Waals surface area contributed by atoms with E-state index in [-0.39, 0.29) is 0 Å². The van der Waals surface area contributed by atoms with Gasteiger partial charge < -0.3 is 5.32 Å². The molecule has 1 saturated heterocycles. The molecule has 0 saturated carbocycles. The number of likely N-dealkylation sites (N-methyl/N-ethyl adjacent to an activating group) is 1. The number of benzene rings is 1. The maximum atomic E-state index is 3.49. The Balaban J connectivity index is 1.92. The van der Waals surface area contributed by atoms with Crippen LogP contribution >= 0.6 is 0 Å². The van der Waals surface area contributed by atoms with Crippen LogP contribution in [0.3, 0.4) is 0 Å². The van der Waals surface area contributed by atoms with Crippen molar-refractivity contribution in [3.05, 3.63) is 35.9 Å². The highest BCUT2D eigenvalue weighted by Crippen LogP contribution is 2.19. The molecule has 1 aromatic rings. The molecule has 0 bridgehead atoms. The van der Waals surface area contributed by atoms with E-state index in [0.717, 1.165) is 25.7 Å². The van der Waals surface area contributed by atoms with E-state index < -0.39 is 0 Å². The molecule has 1 aliphatic rings. The Morgan fingerprint density at radius 1 is 1.24 bits per heavy atom. The number of hydrogen-bond acceptors (Lipinski definition) is 2. The van der Waals surface area contributed by atoms with Crippen LogP contribution in [0.25, 0.3) is 0 Å². The van der Waals surface area contributed by atoms with Crippen LogP contribution in [0.5, 0.6) is 0 Å². The van der Waals surface area contributed by atoms with Gasteiger partial charge in [0.2, 0.25) is 0 Å². The van der Waals surface area contributed by atoms with Gasteiger partial charge in [0, 0.05) is 19.1 Å². The average molecular weight is 232 g/mol. The van der Waals surface area contributed by atoms with Crippen LogP contribution in [0.4, 0.5) is 0 Å². The van der Waals surface area contributed by atoms with Crippen molar-refractivity contribution in [3.8, 4) is 0 Å². The molecule has 0 unspecified atom stereocenters. The topological polar surface area (TPSA) is 15.3 Å². The van der Waals surface area contributed by atoms with Gasteiger partial charge in [-0.2, -0.15) is 0 Å². The summed E-state index contributed by atoms with van der Waals surface area (Å²) < 4.78 is 0. The van der Waals surface area contributed by atoms with Gasteiger partial charge in [-0.05, 0) is 31.5 Å². The summed E-state index contributed by atoms with van der Waals surface area (Å²) >= 11 is 0. The second-order valence-corrected chi connectivity index (χ2v) is 4.91. The summed E-state index contributed by atoms with van der Waals surface area (Å²) in [5.74, 6) is 0. The van der Waals surface area contributed by atoms with Crippen LogP contribution in [0.15, 0.2) is 30.3 Å². The van der Waals surface area contributed by atoms with Crippen molar-refractivity contribution in [1.82, 2.24) is 10.2 Å². The molecule has 0 spiro atoms. The fraction of sp³-hybridized carbons (Fsp3) is 0.600. The van der Waals surface area contributed by atoms with Crippen molar-refractivity contribution in [2.75, 3.05) is 19.6 Å². The van der Waals surface area contributed by atoms with Crippen molar-refractivity contribution >= 4 is 0 Å². The minimum absolute atomic E-state index is 0.726. The fourth-order valence-corrected chi connectivity index (χ4v) is 2.63. The van der Waals surface area contributed by atoms with Gasteiger partial charge in [-0.3, -0.25) is 4.90 Å². The Bertz CT molecular complexity index is 310. The molecule has 0 radical (unpaired) electrons. The quantitative estimate of drug-likeness (QED) is 0.839. The van der Waals surface area contributed by atoms with Crippen LogP contribution < -0.4 is 5.32 Å². The van der Waals surface area contributed by atoms with Crippen LogP contribution in [0.2, 0.25) is 0 Å². The van der Waals surface area contributed by atoms with Crippen LogP contribution in [-0.2, 0) is 6.54 Å². The Labute approximate surface area is 105 Å². The lowest BCUT2D eigenvalue weighted by atomic mass is 10.0. The average Bonchev–Trinajstić information content (AvgIpc) is 2.39. The molecule has 2 heteroatoms. The lowest BCUT2D eigenvalue weighted by Crippen LogP contribution is -2.44. The van der Waals surface area contributed by atoms with Crippen molar-refractivity contribution in [2.45, 2.75) is 38.8 Å². The summed E-state index contributed by atoms with van der Waals surface area (Å²) in [6, 6.07) is 11.6. The summed E-state index contributed by atoms with van der Waals surface area (Å²) in [6.45, 7) is 6.77. The van der Waals surface area contributed by atoms with Gasteiger partial charge in [0.15, 0.2) is 0 Å². The predicted octanol–water partition coefficient (Wildman–Crippen LogP) is 2.65. The number of hydrogen-bond donors (Lipinski definition) is 1. The molecule has 0 aliphatic carbocycles. The molecule has 2 nitrogen and oxygen atoms in total. The van der Waals surface area contributed by atoms with Gasteiger partial charge in [-0.1, -0.05) is 43.7 Å². The smallest absolute Gasteiger partial charge is 0.0237 e. The molecular formula is C15H24N2. The Kier molecular flexibility index (Phi) is 5.02. The summed E-state index contributed by atoms with van der Waals surface area (Å²) in [5, 5.41) is 3.49. The van der Waals surface area contributed by atoms with Gasteiger partial charge in [0.05, 0.1) is 0 Å². The van der Waals surface area contributed by atoms with Gasteiger partial charge in [0.1, 0.15) is 0 Å². The van der Waals surface area contributed by atoms with E-state index in [9.17, 15) is 0 Å². The standard InChI is InChI=1S/C15H24N2/c1-2-16-12-15-10-6-7-11-17(15)13-14-8-4-3-5-9-14/h3-5,8-9,15-16H,2,6-7,10-13H2,1H3/t15-/m1/s1. The third kappa shape index (κ3) is 3.83. The fourth-order valence-electron chi connectivity index (χ4n) is 2.63. The number of likely N-dealkylation sites (tertiary alicyclic amines) is 1. The lowest BCUT2D eigenvalue weighted by molar-refractivity contribution is 0.138. The third-order valence-electron chi connectivity index (χ3n) is 3.61. The van der Waals surface area contributed by atoms with Crippen LogP contribution in [-0.4, -0.2) is 30.6 Å². The zero-order chi connectivity index (χ0) is 11.9. The lowest BCUT2D eigenvalue weighted by Gasteiger charge is -2.36. The maximum absolute atomic E-state index is 3.49. The molecule has 17 heavy (non-hydrogen) atoms. The molecule has 1 heterocycles. The molecule has 94 valence electrons. The highest BCUT2D eigenvalue weighted by atomic mass is 15.2. The zero-order valence-electron chi connectivity index (χ0n) is 10.9. The number of piperidine rings is 1. The highest BCUT2D eigenvalue weighted by Gasteiger charge is 2.21. The first kappa shape index (κ1) is 12.6. The summed E-state index contributed by atoms with van der Waals surface area (Å²) in [5.41, 5.74) is 1.44. The SMILES string of the molecule is CCNC[C@H]1CCCCN1Cc1ccccc1. The van der Waals surface area contributed by atoms with Crippen LogP contribution in [0.1, 0.15) is 31.7 Å². The first-order valence-corrected chi connectivity index (χ1v) is 6.89. The van der Waals surface area contributed by atoms with Gasteiger partial charge in [-0.25, -0.2) is 0 Å². The van der Waals surface area contributed by atoms with E-state index in [4.69, 9.17) is 0 Å². The predicted molar refractivity (Wildman–Crippen MR) is 73.0 cm³/mol. The van der Waals surface area contributed by atoms with Gasteiger partial charge in [-0.15, -0.1) is 0 Å². The van der Waals surface area contributed by atoms with Crippen molar-refractivity contribution in [3.63, 3.8) is 0 Å². The Morgan fingerprint density at radius 2 is 2.06 bits per heavy atom. The first-order valence-electron chi connectivity index (χ1n) is 6.89. The normalized spacial score (nSPS) is 21.6. The van der Waals surface area contributed by atoms with E-state index >= 15 is 0 Å².